The molecule has 4 rings (SSSR count). The lowest BCUT2D eigenvalue weighted by molar-refractivity contribution is 0.0911. The van der Waals surface area contributed by atoms with E-state index in [2.05, 4.69) is 52.2 Å². The Bertz CT molecular complexity index is 1320. The van der Waals surface area contributed by atoms with Crippen molar-refractivity contribution in [3.63, 3.8) is 0 Å². The van der Waals surface area contributed by atoms with E-state index >= 15 is 0 Å². The number of carbonyl (C=O) groups excluding carboxylic acids is 1. The van der Waals surface area contributed by atoms with Gasteiger partial charge in [0.15, 0.2) is 5.82 Å². The van der Waals surface area contributed by atoms with Gasteiger partial charge >= 0.3 is 0 Å². The molecule has 1 aliphatic rings. The van der Waals surface area contributed by atoms with Crippen molar-refractivity contribution in [1.82, 2.24) is 20.2 Å². The van der Waals surface area contributed by atoms with Gasteiger partial charge in [0.25, 0.3) is 5.91 Å². The van der Waals surface area contributed by atoms with Crippen molar-refractivity contribution in [2.45, 2.75) is 44.7 Å². The van der Waals surface area contributed by atoms with Crippen LogP contribution in [-0.2, 0) is 0 Å². The summed E-state index contributed by atoms with van der Waals surface area (Å²) in [4.78, 5) is 24.3. The third-order valence-corrected chi connectivity index (χ3v) is 6.83. The summed E-state index contributed by atoms with van der Waals surface area (Å²) >= 11 is 0. The normalized spacial score (nSPS) is 17.3. The van der Waals surface area contributed by atoms with Crippen LogP contribution in [-0.4, -0.2) is 60.1 Å². The highest BCUT2D eigenvalue weighted by molar-refractivity contribution is 5.99. The molecule has 2 aromatic carbocycles. The number of carbonyl (C=O) groups is 1. The predicted octanol–water partition coefficient (Wildman–Crippen LogP) is 4.79. The summed E-state index contributed by atoms with van der Waals surface area (Å²) in [7, 11) is 4.22. The van der Waals surface area contributed by atoms with Crippen molar-refractivity contribution in [2.24, 2.45) is 0 Å². The maximum absolute atomic E-state index is 13.0. The zero-order chi connectivity index (χ0) is 26.4. The molecule has 1 aliphatic carbocycles. The van der Waals surface area contributed by atoms with Gasteiger partial charge in [0.2, 0.25) is 0 Å². The average Bonchev–Trinajstić information content (AvgIpc) is 2.92. The van der Waals surface area contributed by atoms with Crippen molar-refractivity contribution in [3.05, 3.63) is 60.4 Å². The maximum Gasteiger partial charge on any atom is 0.270 e. The Morgan fingerprint density at radius 3 is 2.65 bits per heavy atom. The van der Waals surface area contributed by atoms with E-state index < -0.39 is 0 Å². The van der Waals surface area contributed by atoms with Crippen LogP contribution in [0.2, 0.25) is 0 Å². The highest BCUT2D eigenvalue weighted by Gasteiger charge is 2.24. The molecule has 0 saturated heterocycles. The number of fused-ring (bicyclic) bond motifs is 1. The molecule has 0 bridgehead atoms. The van der Waals surface area contributed by atoms with Crippen molar-refractivity contribution in [1.29, 1.82) is 5.26 Å². The van der Waals surface area contributed by atoms with Gasteiger partial charge in [-0.25, -0.2) is 9.97 Å². The molecule has 2 N–H and O–H groups in total. The summed E-state index contributed by atoms with van der Waals surface area (Å²) in [5, 5.41) is 17.5. The Morgan fingerprint density at radius 1 is 1.19 bits per heavy atom. The second-order valence-corrected chi connectivity index (χ2v) is 9.58. The second-order valence-electron chi connectivity index (χ2n) is 9.58. The Morgan fingerprint density at radius 2 is 1.95 bits per heavy atom. The lowest BCUT2D eigenvalue weighted by atomic mass is 9.90. The topological polar surface area (TPSA) is 103 Å². The molecular weight excluding hydrogens is 464 g/mol. The number of benzene rings is 2. The molecule has 0 unspecified atom stereocenters. The van der Waals surface area contributed by atoms with E-state index in [-0.39, 0.29) is 11.9 Å². The molecule has 1 heterocycles. The minimum absolute atomic E-state index is 0.163. The molecule has 3 aromatic rings. The number of rotatable bonds is 9. The molecule has 1 saturated carbocycles. The van der Waals surface area contributed by atoms with Crippen LogP contribution in [0.25, 0.3) is 22.2 Å². The fourth-order valence-electron chi connectivity index (χ4n) is 4.75. The summed E-state index contributed by atoms with van der Waals surface area (Å²) in [6, 6.07) is 14.3. The van der Waals surface area contributed by atoms with Crippen LogP contribution in [0.5, 0.6) is 5.75 Å². The molecule has 8 heteroatoms. The predicted molar refractivity (Wildman–Crippen MR) is 147 cm³/mol. The first-order chi connectivity index (χ1) is 17.9. The number of hydrogen-bond acceptors (Lipinski definition) is 7. The molecular formula is C29H34N6O2. The number of hydrogen-bond donors (Lipinski definition) is 2. The minimum atomic E-state index is -0.172. The summed E-state index contributed by atoms with van der Waals surface area (Å²) < 4.78 is 5.84. The van der Waals surface area contributed by atoms with E-state index in [1.165, 1.54) is 0 Å². The van der Waals surface area contributed by atoms with E-state index in [9.17, 15) is 4.79 Å². The molecule has 1 fully saturated rings. The SMILES string of the molecule is C=C(C#N)CNc1c(OCC)ccc2ccc(-c3nccc(C(=O)N[C@H]4CC[C@@H](N(C)C)CC4)n3)cc12. The van der Waals surface area contributed by atoms with Crippen LogP contribution in [0.4, 0.5) is 5.69 Å². The third-order valence-electron chi connectivity index (χ3n) is 6.83. The van der Waals surface area contributed by atoms with Crippen LogP contribution in [0.3, 0.4) is 0 Å². The van der Waals surface area contributed by atoms with Gasteiger partial charge in [0.1, 0.15) is 11.4 Å². The number of anilines is 1. The zero-order valence-electron chi connectivity index (χ0n) is 21.8. The van der Waals surface area contributed by atoms with Crippen molar-refractivity contribution in [3.8, 4) is 23.2 Å². The van der Waals surface area contributed by atoms with E-state index in [4.69, 9.17) is 10.00 Å². The molecule has 37 heavy (non-hydrogen) atoms. The van der Waals surface area contributed by atoms with Gasteiger partial charge < -0.3 is 20.3 Å². The van der Waals surface area contributed by atoms with E-state index in [1.807, 2.05) is 37.3 Å². The molecule has 192 valence electrons. The van der Waals surface area contributed by atoms with E-state index in [0.29, 0.717) is 42.0 Å². The lowest BCUT2D eigenvalue weighted by Crippen LogP contribution is -2.42. The first kappa shape index (κ1) is 26.1. The minimum Gasteiger partial charge on any atom is -0.492 e. The standard InChI is InChI=1S/C29H34N6O2/c1-5-37-26-13-8-20-6-7-21(16-24(20)27(26)32-18-19(2)17-30)28-31-15-14-25(34-28)29(36)33-22-9-11-23(12-10-22)35(3)4/h6-8,13-16,22-23,32H,2,5,9-12,18H2,1,3-4H3,(H,33,36)/t22-,23+. The van der Waals surface area contributed by atoms with Crippen LogP contribution >= 0.6 is 0 Å². The van der Waals surface area contributed by atoms with E-state index in [0.717, 1.165) is 47.7 Å². The first-order valence-electron chi connectivity index (χ1n) is 12.7. The summed E-state index contributed by atoms with van der Waals surface area (Å²) in [6.07, 6.45) is 5.70. The number of amides is 1. The monoisotopic (exact) mass is 498 g/mol. The van der Waals surface area contributed by atoms with Gasteiger partial charge in [-0.2, -0.15) is 5.26 Å². The number of nitriles is 1. The molecule has 8 nitrogen and oxygen atoms in total. The summed E-state index contributed by atoms with van der Waals surface area (Å²) in [6.45, 7) is 6.51. The maximum atomic E-state index is 13.0. The van der Waals surface area contributed by atoms with Gasteiger partial charge in [-0.3, -0.25) is 4.79 Å². The Labute approximate surface area is 218 Å². The van der Waals surface area contributed by atoms with Gasteiger partial charge in [-0.15, -0.1) is 0 Å². The highest BCUT2D eigenvalue weighted by Crippen LogP contribution is 2.35. The quantitative estimate of drug-likeness (QED) is 0.409. The first-order valence-corrected chi connectivity index (χ1v) is 12.7. The van der Waals surface area contributed by atoms with Crippen LogP contribution < -0.4 is 15.4 Å². The number of nitrogens with zero attached hydrogens (tertiary/aromatic N) is 4. The molecule has 0 aliphatic heterocycles. The molecule has 1 aromatic heterocycles. The van der Waals surface area contributed by atoms with Gasteiger partial charge in [0.05, 0.1) is 18.4 Å². The van der Waals surface area contributed by atoms with Crippen molar-refractivity contribution in [2.75, 3.05) is 32.6 Å². The largest absolute Gasteiger partial charge is 0.492 e. The molecule has 0 radical (unpaired) electrons. The van der Waals surface area contributed by atoms with Crippen molar-refractivity contribution >= 4 is 22.4 Å². The Balaban J connectivity index is 1.58. The number of nitrogens with one attached hydrogen (secondary N) is 2. The van der Waals surface area contributed by atoms with Crippen LogP contribution in [0.15, 0.2) is 54.7 Å². The molecule has 0 spiro atoms. The smallest absolute Gasteiger partial charge is 0.270 e. The van der Waals surface area contributed by atoms with Crippen LogP contribution in [0.1, 0.15) is 43.1 Å². The zero-order valence-corrected chi connectivity index (χ0v) is 21.8. The Kier molecular flexibility index (Phi) is 8.36. The summed E-state index contributed by atoms with van der Waals surface area (Å²) in [5.41, 5.74) is 2.34. The van der Waals surface area contributed by atoms with Gasteiger partial charge in [-0.05, 0) is 70.3 Å². The third kappa shape index (κ3) is 6.25. The fourth-order valence-corrected chi connectivity index (χ4v) is 4.75. The second kappa shape index (κ2) is 11.8. The van der Waals surface area contributed by atoms with E-state index in [1.54, 1.807) is 12.3 Å². The van der Waals surface area contributed by atoms with Crippen LogP contribution in [0, 0.1) is 11.3 Å². The lowest BCUT2D eigenvalue weighted by Gasteiger charge is -2.32. The molecule has 0 atom stereocenters. The summed E-state index contributed by atoms with van der Waals surface area (Å²) in [5.74, 6) is 0.990. The van der Waals surface area contributed by atoms with Crippen molar-refractivity contribution < 1.29 is 9.53 Å². The highest BCUT2D eigenvalue weighted by atomic mass is 16.5. The van der Waals surface area contributed by atoms with Gasteiger partial charge in [0, 0.05) is 41.3 Å². The van der Waals surface area contributed by atoms with Gasteiger partial charge in [-0.1, -0.05) is 24.8 Å². The number of ether oxygens (including phenoxy) is 1. The Hall–Kier alpha value is -3.96. The molecule has 1 amide bonds. The fraction of sp³-hybridized carbons (Fsp3) is 0.379. The number of aromatic nitrogens is 2. The average molecular weight is 499 g/mol.